The summed E-state index contributed by atoms with van der Waals surface area (Å²) in [5.74, 6) is 2.22. The molecule has 2 fully saturated rings. The summed E-state index contributed by atoms with van der Waals surface area (Å²) in [5.41, 5.74) is 6.91. The van der Waals surface area contributed by atoms with Crippen molar-refractivity contribution in [3.05, 3.63) is 59.1 Å². The number of hydrogen-bond donors (Lipinski definition) is 3. The fourth-order valence-electron chi connectivity index (χ4n) is 6.56. The molecule has 2 aromatic heterocycles. The van der Waals surface area contributed by atoms with Crippen LogP contribution in [0, 0.1) is 22.7 Å². The predicted molar refractivity (Wildman–Crippen MR) is 267 cm³/mol. The Morgan fingerprint density at radius 1 is 0.746 bits per heavy atom. The number of rotatable bonds is 10. The van der Waals surface area contributed by atoms with Gasteiger partial charge >= 0.3 is 33.1 Å². The fourth-order valence-corrected chi connectivity index (χ4v) is 7.99. The zero-order valence-electron chi connectivity index (χ0n) is 36.1. The van der Waals surface area contributed by atoms with Crippen LogP contribution in [-0.2, 0) is 48.8 Å². The van der Waals surface area contributed by atoms with E-state index in [0.29, 0.717) is 19.5 Å². The number of anilines is 2. The molecule has 2 saturated heterocycles. The number of halogens is 2. The molecule has 0 spiro atoms. The molecule has 2 unspecified atom stereocenters. The van der Waals surface area contributed by atoms with Gasteiger partial charge < -0.3 is 15.5 Å². The molecule has 0 aliphatic carbocycles. The summed E-state index contributed by atoms with van der Waals surface area (Å²) in [6.45, 7) is 15.4. The first kappa shape index (κ1) is 58.4. The molecule has 358 valence electrons. The topological polar surface area (TPSA) is 211 Å². The number of fused-ring (bicyclic) bond motifs is 2. The number of Topliss-reactive ketones (excluding diaryl/α,β-unsaturated/α-hetero) is 1. The van der Waals surface area contributed by atoms with E-state index in [1.165, 1.54) is 12.5 Å². The van der Waals surface area contributed by atoms with Crippen molar-refractivity contribution in [1.29, 1.82) is 0 Å². The molecule has 1 amide bonds. The first-order valence-electron chi connectivity index (χ1n) is 19.9. The average Bonchev–Trinajstić information content (AvgIpc) is 3.19. The number of nitrogens with zero attached hydrogens (tertiary/aromatic N) is 6. The van der Waals surface area contributed by atoms with Crippen LogP contribution in [0.3, 0.4) is 0 Å². The van der Waals surface area contributed by atoms with Gasteiger partial charge in [0, 0.05) is 71.8 Å². The number of nitrogens with two attached hydrogens (primary N) is 1. The third-order valence-electron chi connectivity index (χ3n) is 10.1. The Balaban J connectivity index is 0.000000523. The Kier molecular flexibility index (Phi) is 24.0. The van der Waals surface area contributed by atoms with Crippen LogP contribution in [0.5, 0.6) is 0 Å². The van der Waals surface area contributed by atoms with Crippen LogP contribution in [-0.4, -0.2) is 100 Å². The normalized spacial score (nSPS) is 16.8. The van der Waals surface area contributed by atoms with Crippen LogP contribution >= 0.6 is 36.3 Å². The van der Waals surface area contributed by atoms with Crippen molar-refractivity contribution in [2.45, 2.75) is 88.5 Å². The second kappa shape index (κ2) is 25.9. The van der Waals surface area contributed by atoms with Crippen molar-refractivity contribution in [1.82, 2.24) is 29.4 Å². The Morgan fingerprint density at radius 3 is 1.56 bits per heavy atom. The summed E-state index contributed by atoms with van der Waals surface area (Å²) < 4.78 is 51.7. The Labute approximate surface area is 404 Å². The molecule has 20 heteroatoms. The van der Waals surface area contributed by atoms with E-state index in [1.807, 2.05) is 57.2 Å². The van der Waals surface area contributed by atoms with Crippen LogP contribution in [0.25, 0.3) is 21.8 Å². The molecule has 2 aromatic carbocycles. The first-order valence-corrected chi connectivity index (χ1v) is 27.5. The van der Waals surface area contributed by atoms with Crippen molar-refractivity contribution >= 4 is 101 Å². The molecule has 4 N–H and O–H groups in total. The second-order valence-corrected chi connectivity index (χ2v) is 22.1. The number of piperidine rings is 2. The Morgan fingerprint density at radius 2 is 1.16 bits per heavy atom. The number of carbonyl (C=O) groups excluding carboxylic acids is 2. The molecule has 15 nitrogen and oxygen atoms in total. The Hall–Kier alpha value is -2.59. The monoisotopic (exact) mass is 1140 g/mol. The number of primary amides is 1. The number of hydrogen-bond acceptors (Lipinski definition) is 12. The molecule has 0 bridgehead atoms. The number of benzene rings is 2. The minimum atomic E-state index is -3.20. The molecule has 4 aromatic rings. The van der Waals surface area contributed by atoms with Crippen LogP contribution in [0.2, 0.25) is 0 Å². The first-order chi connectivity index (χ1) is 28.4. The maximum absolute atomic E-state index is 12.5. The molecule has 2 aliphatic rings. The molecule has 6 rings (SSSR count). The maximum atomic E-state index is 12.5. The van der Waals surface area contributed by atoms with Crippen molar-refractivity contribution in [3.8, 4) is 0 Å². The summed E-state index contributed by atoms with van der Waals surface area (Å²) >= 11 is 9.37. The van der Waals surface area contributed by atoms with Gasteiger partial charge in [0.25, 0.3) is 0 Å². The number of carbonyl (C=O) groups is 2. The van der Waals surface area contributed by atoms with E-state index in [4.69, 9.17) is 5.73 Å². The van der Waals surface area contributed by atoms with Gasteiger partial charge in [0.2, 0.25) is 26.0 Å². The fraction of sp³-hybridized carbons (Fsp3) is 0.581. The van der Waals surface area contributed by atoms with Crippen LogP contribution < -0.4 is 25.0 Å². The van der Waals surface area contributed by atoms with Gasteiger partial charge in [-0.25, -0.2) is 46.2 Å². The summed E-state index contributed by atoms with van der Waals surface area (Å²) in [6, 6.07) is 11.9. The molecule has 63 heavy (non-hydrogen) atoms. The molecule has 2 aliphatic heterocycles. The third kappa shape index (κ3) is 19.8. The van der Waals surface area contributed by atoms with Crippen molar-refractivity contribution in [2.24, 2.45) is 28.4 Å². The third-order valence-corrected chi connectivity index (χ3v) is 12.0. The average molecular weight is 1140 g/mol. The van der Waals surface area contributed by atoms with Gasteiger partial charge in [-0.2, -0.15) is 0 Å². The van der Waals surface area contributed by atoms with E-state index in [-0.39, 0.29) is 49.2 Å². The molecule has 2 atom stereocenters. The number of aromatic nitrogens is 4. The van der Waals surface area contributed by atoms with Gasteiger partial charge in [0.05, 0.1) is 23.5 Å². The summed E-state index contributed by atoms with van der Waals surface area (Å²) in [6.07, 6.45) is 9.92. The summed E-state index contributed by atoms with van der Waals surface area (Å²) in [4.78, 5) is 44.8. The van der Waals surface area contributed by atoms with E-state index in [0.717, 1.165) is 95.3 Å². The van der Waals surface area contributed by atoms with Crippen LogP contribution in [0.15, 0.2) is 53.5 Å². The predicted octanol–water partition coefficient (Wildman–Crippen LogP) is 7.38. The van der Waals surface area contributed by atoms with Gasteiger partial charge in [-0.3, -0.25) is 9.59 Å². The van der Waals surface area contributed by atoms with E-state index in [9.17, 15) is 26.4 Å². The van der Waals surface area contributed by atoms with E-state index in [2.05, 4.69) is 67.9 Å². The molecular weight excluding hydrogens is 1070 g/mol. The SMILES string of the molecule is C.C.CC(C)(C)C(=O)Cc1ccc2ncnc(N3CCCC(CNS(C)(=O)=O)C3)c2c1.CC(C)(C)C(N)=O.CS(=O)(=O)NCC1CCCN(c2ncnc3ccc(Br)cc23)C1.[Cu][I]. The standard InChI is InChI=1S/C21H30N4O3S.C15H19BrN4O2S.C5H11NO.2CH4.Cu.HI/c1-21(2,3)19(26)11-15-7-8-18-17(10-15)20(23-14-22-18)25-9-5-6-16(13-25)12-24-29(4,27)28;1-23(21,22)19-8-11-3-2-6-20(9-11)15-13-7-12(16)4-5-14(13)17-10-18-15;1-5(2,3)4(6)7;;;;/h7-8,10,14,16,24H,5-6,9,11-13H2,1-4H3;4-5,7,10-11,19H,2-3,6,8-9H2,1H3;1-3H3,(H2,6,7);2*1H4;;1H/q;;;;;+1;/p-1. The van der Waals surface area contributed by atoms with Crippen LogP contribution in [0.1, 0.15) is 87.6 Å². The van der Waals surface area contributed by atoms with E-state index < -0.39 is 20.0 Å². The van der Waals surface area contributed by atoms with Gasteiger partial charge in [-0.1, -0.05) is 78.4 Å². The summed E-state index contributed by atoms with van der Waals surface area (Å²) in [7, 11) is -6.34. The van der Waals surface area contributed by atoms with Gasteiger partial charge in [0.15, 0.2) is 0 Å². The molecule has 0 radical (unpaired) electrons. The van der Waals surface area contributed by atoms with Crippen molar-refractivity contribution < 1.29 is 39.2 Å². The molecule has 4 heterocycles. The number of sulfonamides is 2. The van der Waals surface area contributed by atoms with Crippen molar-refractivity contribution in [2.75, 3.05) is 61.6 Å². The van der Waals surface area contributed by atoms with Gasteiger partial charge in [-0.05, 0) is 73.4 Å². The molecule has 0 saturated carbocycles. The summed E-state index contributed by atoms with van der Waals surface area (Å²) in [5, 5.41) is 1.95. The number of ketones is 1. The minimum absolute atomic E-state index is 0. The van der Waals surface area contributed by atoms with Crippen LogP contribution in [0.4, 0.5) is 11.6 Å². The van der Waals surface area contributed by atoms with Gasteiger partial charge in [-0.15, -0.1) is 0 Å². The van der Waals surface area contributed by atoms with E-state index >= 15 is 0 Å². The number of nitrogens with one attached hydrogen (secondary N) is 2. The van der Waals surface area contributed by atoms with Gasteiger partial charge in [0.1, 0.15) is 30.1 Å². The zero-order chi connectivity index (χ0) is 45.8. The second-order valence-electron chi connectivity index (χ2n) is 17.5. The quantitative estimate of drug-likeness (QED) is 0.105. The molecular formula is C43H68BrCuIN9O6S2. The van der Waals surface area contributed by atoms with Crippen molar-refractivity contribution in [3.63, 3.8) is 0 Å². The number of amides is 1. The zero-order valence-corrected chi connectivity index (χ0v) is 42.5. The Bertz CT molecular complexity index is 2330. The van der Waals surface area contributed by atoms with E-state index in [1.54, 1.807) is 53.8 Å².